The number of nitrogens with one attached hydrogen (secondary N) is 1. The molecule has 1 aromatic rings. The van der Waals surface area contributed by atoms with E-state index in [4.69, 9.17) is 9.84 Å². The summed E-state index contributed by atoms with van der Waals surface area (Å²) in [5, 5.41) is 8.66. The molecule has 2 N–H and O–H groups in total. The van der Waals surface area contributed by atoms with Crippen molar-refractivity contribution in [1.82, 2.24) is 9.03 Å². The van der Waals surface area contributed by atoms with Gasteiger partial charge >= 0.3 is 0 Å². The van der Waals surface area contributed by atoms with Crippen molar-refractivity contribution in [2.24, 2.45) is 0 Å². The minimum absolute atomic E-state index is 0.141. The van der Waals surface area contributed by atoms with Gasteiger partial charge in [0.05, 0.1) is 7.11 Å². The van der Waals surface area contributed by atoms with Crippen LogP contribution in [-0.2, 0) is 16.8 Å². The highest BCUT2D eigenvalue weighted by Gasteiger charge is 2.17. The number of hydrogen-bond donors (Lipinski definition) is 2. The number of unbranched alkanes of at least 4 members (excludes halogenated alkanes) is 2. The van der Waals surface area contributed by atoms with E-state index in [-0.39, 0.29) is 13.2 Å². The van der Waals surface area contributed by atoms with Crippen LogP contribution in [0.4, 0.5) is 0 Å². The minimum atomic E-state index is -3.49. The van der Waals surface area contributed by atoms with Gasteiger partial charge in [-0.3, -0.25) is 0 Å². The Balaban J connectivity index is 2.50. The average molecular weight is 316 g/mol. The molecule has 0 aliphatic carbocycles. The van der Waals surface area contributed by atoms with E-state index in [1.54, 1.807) is 7.11 Å². The molecule has 120 valence electrons. The molecule has 0 aliphatic heterocycles. The van der Waals surface area contributed by atoms with Crippen LogP contribution in [0.5, 0.6) is 5.75 Å². The topological polar surface area (TPSA) is 78.9 Å². The Morgan fingerprint density at radius 3 is 2.71 bits per heavy atom. The summed E-state index contributed by atoms with van der Waals surface area (Å²) in [5.41, 5.74) is 0.863. The number of nitrogens with zero attached hydrogens (tertiary/aromatic N) is 1. The van der Waals surface area contributed by atoms with Gasteiger partial charge < -0.3 is 9.84 Å². The Bertz CT molecular complexity index is 519. The molecule has 0 unspecified atom stereocenters. The number of aliphatic hydroxyl groups is 1. The fourth-order valence-electron chi connectivity index (χ4n) is 1.84. The molecule has 1 rings (SSSR count). The summed E-state index contributed by atoms with van der Waals surface area (Å²) in [7, 11) is -0.371. The van der Waals surface area contributed by atoms with E-state index >= 15 is 0 Å². The second kappa shape index (κ2) is 8.99. The molecule has 0 spiro atoms. The van der Waals surface area contributed by atoms with Crippen LogP contribution in [0.3, 0.4) is 0 Å². The van der Waals surface area contributed by atoms with Crippen molar-refractivity contribution >= 4 is 10.2 Å². The van der Waals surface area contributed by atoms with Gasteiger partial charge in [-0.1, -0.05) is 12.1 Å². The standard InChI is InChI=1S/C14H24N2O4S/c1-16(12-13-7-6-8-14(11-13)20-2)21(18,19)15-9-4-3-5-10-17/h6-8,11,15,17H,3-5,9-10,12H2,1-2H3. The van der Waals surface area contributed by atoms with Gasteiger partial charge in [-0.05, 0) is 37.0 Å². The summed E-state index contributed by atoms with van der Waals surface area (Å²) in [6.07, 6.45) is 2.22. The highest BCUT2D eigenvalue weighted by molar-refractivity contribution is 7.87. The molecule has 0 fully saturated rings. The Labute approximate surface area is 126 Å². The van der Waals surface area contributed by atoms with Gasteiger partial charge in [0.1, 0.15) is 5.75 Å². The Morgan fingerprint density at radius 2 is 2.05 bits per heavy atom. The van der Waals surface area contributed by atoms with Gasteiger partial charge in [-0.2, -0.15) is 12.7 Å². The zero-order valence-electron chi connectivity index (χ0n) is 12.6. The maximum Gasteiger partial charge on any atom is 0.279 e. The third-order valence-corrected chi connectivity index (χ3v) is 4.59. The molecule has 0 saturated heterocycles. The van der Waals surface area contributed by atoms with Crippen molar-refractivity contribution in [3.63, 3.8) is 0 Å². The minimum Gasteiger partial charge on any atom is -0.497 e. The Morgan fingerprint density at radius 1 is 1.29 bits per heavy atom. The van der Waals surface area contributed by atoms with Crippen LogP contribution in [0, 0.1) is 0 Å². The van der Waals surface area contributed by atoms with Gasteiger partial charge in [0.15, 0.2) is 0 Å². The highest BCUT2D eigenvalue weighted by atomic mass is 32.2. The van der Waals surface area contributed by atoms with Gasteiger partial charge in [0, 0.05) is 26.7 Å². The first-order chi connectivity index (χ1) is 9.99. The lowest BCUT2D eigenvalue weighted by molar-refractivity contribution is 0.283. The first-order valence-corrected chi connectivity index (χ1v) is 8.38. The molecule has 0 saturated carbocycles. The number of benzene rings is 1. The van der Waals surface area contributed by atoms with Crippen molar-refractivity contribution in [2.75, 3.05) is 27.3 Å². The van der Waals surface area contributed by atoms with Crippen LogP contribution in [-0.4, -0.2) is 45.1 Å². The smallest absolute Gasteiger partial charge is 0.279 e. The van der Waals surface area contributed by atoms with Crippen LogP contribution < -0.4 is 9.46 Å². The lowest BCUT2D eigenvalue weighted by Crippen LogP contribution is -2.38. The van der Waals surface area contributed by atoms with E-state index in [2.05, 4.69) is 4.72 Å². The molecule has 7 heteroatoms. The Hall–Kier alpha value is -1.15. The SMILES string of the molecule is COc1cccc(CN(C)S(=O)(=O)NCCCCCO)c1. The molecule has 0 aromatic heterocycles. The molecule has 21 heavy (non-hydrogen) atoms. The molecular weight excluding hydrogens is 292 g/mol. The highest BCUT2D eigenvalue weighted by Crippen LogP contribution is 2.14. The monoisotopic (exact) mass is 316 g/mol. The second-order valence-electron chi connectivity index (χ2n) is 4.79. The molecular formula is C14H24N2O4S. The van der Waals surface area contributed by atoms with E-state index < -0.39 is 10.2 Å². The summed E-state index contributed by atoms with van der Waals surface area (Å²) in [5.74, 6) is 0.704. The van der Waals surface area contributed by atoms with Crippen molar-refractivity contribution in [3.05, 3.63) is 29.8 Å². The predicted molar refractivity (Wildman–Crippen MR) is 82.3 cm³/mol. The zero-order valence-corrected chi connectivity index (χ0v) is 13.4. The Kier molecular flexibility index (Phi) is 7.66. The third kappa shape index (κ3) is 6.43. The largest absolute Gasteiger partial charge is 0.497 e. The van der Waals surface area contributed by atoms with Gasteiger partial charge in [-0.25, -0.2) is 4.72 Å². The molecule has 0 bridgehead atoms. The lowest BCUT2D eigenvalue weighted by Gasteiger charge is -2.18. The maximum atomic E-state index is 12.1. The number of rotatable bonds is 10. The zero-order chi connectivity index (χ0) is 15.7. The van der Waals surface area contributed by atoms with Crippen LogP contribution in [0.25, 0.3) is 0 Å². The molecule has 0 radical (unpaired) electrons. The van der Waals surface area contributed by atoms with Crippen molar-refractivity contribution < 1.29 is 18.3 Å². The van der Waals surface area contributed by atoms with Crippen molar-refractivity contribution in [1.29, 1.82) is 0 Å². The molecule has 0 atom stereocenters. The van der Waals surface area contributed by atoms with Crippen LogP contribution in [0.1, 0.15) is 24.8 Å². The fraction of sp³-hybridized carbons (Fsp3) is 0.571. The third-order valence-electron chi connectivity index (χ3n) is 3.07. The number of hydrogen-bond acceptors (Lipinski definition) is 4. The number of methoxy groups -OCH3 is 1. The van der Waals surface area contributed by atoms with E-state index in [1.165, 1.54) is 11.4 Å². The first kappa shape index (κ1) is 17.9. The normalized spacial score (nSPS) is 11.8. The summed E-state index contributed by atoms with van der Waals surface area (Å²) in [6, 6.07) is 7.32. The van der Waals surface area contributed by atoms with E-state index in [0.29, 0.717) is 25.1 Å². The summed E-state index contributed by atoms with van der Waals surface area (Å²) in [4.78, 5) is 0. The van der Waals surface area contributed by atoms with Gasteiger partial charge in [0.2, 0.25) is 0 Å². The molecule has 0 heterocycles. The molecule has 6 nitrogen and oxygen atoms in total. The maximum absolute atomic E-state index is 12.1. The second-order valence-corrected chi connectivity index (χ2v) is 6.65. The molecule has 0 amide bonds. The predicted octanol–water partition coefficient (Wildman–Crippen LogP) is 1.12. The van der Waals surface area contributed by atoms with E-state index in [0.717, 1.165) is 12.0 Å². The summed E-state index contributed by atoms with van der Waals surface area (Å²) >= 11 is 0. The van der Waals surface area contributed by atoms with Crippen LogP contribution in [0.2, 0.25) is 0 Å². The molecule has 0 aliphatic rings. The summed E-state index contributed by atoms with van der Waals surface area (Å²) in [6.45, 7) is 0.802. The average Bonchev–Trinajstić information content (AvgIpc) is 2.47. The van der Waals surface area contributed by atoms with Crippen molar-refractivity contribution in [2.45, 2.75) is 25.8 Å². The van der Waals surface area contributed by atoms with E-state index in [1.807, 2.05) is 24.3 Å². The first-order valence-electron chi connectivity index (χ1n) is 6.94. The van der Waals surface area contributed by atoms with Crippen LogP contribution >= 0.6 is 0 Å². The van der Waals surface area contributed by atoms with Crippen LogP contribution in [0.15, 0.2) is 24.3 Å². The quantitative estimate of drug-likeness (QED) is 0.634. The summed E-state index contributed by atoms with van der Waals surface area (Å²) < 4.78 is 33.1. The number of aliphatic hydroxyl groups excluding tert-OH is 1. The fourth-order valence-corrected chi connectivity index (χ4v) is 2.78. The molecule has 1 aromatic carbocycles. The van der Waals surface area contributed by atoms with Gasteiger partial charge in [-0.15, -0.1) is 0 Å². The number of ether oxygens (including phenoxy) is 1. The van der Waals surface area contributed by atoms with E-state index in [9.17, 15) is 8.42 Å². The van der Waals surface area contributed by atoms with Crippen molar-refractivity contribution in [3.8, 4) is 5.75 Å². The van der Waals surface area contributed by atoms with Gasteiger partial charge in [0.25, 0.3) is 10.2 Å². The lowest BCUT2D eigenvalue weighted by atomic mass is 10.2.